The predicted molar refractivity (Wildman–Crippen MR) is 88.4 cm³/mol. The third-order valence-corrected chi connectivity index (χ3v) is 4.34. The second kappa shape index (κ2) is 8.32. The summed E-state index contributed by atoms with van der Waals surface area (Å²) in [7, 11) is 0. The van der Waals surface area contributed by atoms with Gasteiger partial charge in [0.1, 0.15) is 0 Å². The zero-order chi connectivity index (χ0) is 14.2. The van der Waals surface area contributed by atoms with Gasteiger partial charge in [0, 0.05) is 11.8 Å². The number of fused-ring (bicyclic) bond motifs is 1. The van der Waals surface area contributed by atoms with Crippen LogP contribution in [-0.2, 0) is 0 Å². The molecule has 0 radical (unpaired) electrons. The minimum Gasteiger partial charge on any atom is -0.333 e. The number of thioether (sulfide) groups is 1. The SMILES string of the molecule is CCCNC(C)CCCCSc1nc2ccccc2[nH]1. The molecule has 1 heterocycles. The van der Waals surface area contributed by atoms with Gasteiger partial charge in [0.05, 0.1) is 11.0 Å². The Hall–Kier alpha value is -1.00. The molecule has 0 bridgehead atoms. The molecular weight excluding hydrogens is 266 g/mol. The Morgan fingerprint density at radius 1 is 1.30 bits per heavy atom. The quantitative estimate of drug-likeness (QED) is 0.537. The van der Waals surface area contributed by atoms with Crippen LogP contribution in [0.4, 0.5) is 0 Å². The molecule has 1 aromatic carbocycles. The Morgan fingerprint density at radius 2 is 2.15 bits per heavy atom. The molecule has 1 atom stereocenters. The zero-order valence-electron chi connectivity index (χ0n) is 12.5. The van der Waals surface area contributed by atoms with Gasteiger partial charge in [-0.25, -0.2) is 4.98 Å². The monoisotopic (exact) mass is 291 g/mol. The summed E-state index contributed by atoms with van der Waals surface area (Å²) >= 11 is 1.83. The van der Waals surface area contributed by atoms with E-state index in [1.807, 2.05) is 23.9 Å². The summed E-state index contributed by atoms with van der Waals surface area (Å²) in [5.74, 6) is 1.14. The highest BCUT2D eigenvalue weighted by molar-refractivity contribution is 7.99. The largest absolute Gasteiger partial charge is 0.333 e. The molecule has 1 aromatic heterocycles. The number of aromatic amines is 1. The van der Waals surface area contributed by atoms with Gasteiger partial charge in [-0.15, -0.1) is 0 Å². The zero-order valence-corrected chi connectivity index (χ0v) is 13.3. The number of unbranched alkanes of at least 4 members (excludes halogenated alkanes) is 1. The van der Waals surface area contributed by atoms with Crippen LogP contribution in [0.3, 0.4) is 0 Å². The van der Waals surface area contributed by atoms with E-state index in [2.05, 4.69) is 41.3 Å². The lowest BCUT2D eigenvalue weighted by Gasteiger charge is -2.12. The lowest BCUT2D eigenvalue weighted by atomic mass is 10.1. The molecule has 2 N–H and O–H groups in total. The number of para-hydroxylation sites is 2. The summed E-state index contributed by atoms with van der Waals surface area (Å²) in [6.45, 7) is 5.63. The first kappa shape index (κ1) is 15.4. The van der Waals surface area contributed by atoms with E-state index in [9.17, 15) is 0 Å². The van der Waals surface area contributed by atoms with Crippen LogP contribution in [0.15, 0.2) is 29.4 Å². The first-order chi connectivity index (χ1) is 9.79. The molecule has 2 aromatic rings. The van der Waals surface area contributed by atoms with Crippen LogP contribution in [-0.4, -0.2) is 28.3 Å². The van der Waals surface area contributed by atoms with Crippen molar-refractivity contribution in [1.29, 1.82) is 0 Å². The summed E-state index contributed by atoms with van der Waals surface area (Å²) in [5.41, 5.74) is 2.19. The molecule has 0 spiro atoms. The van der Waals surface area contributed by atoms with Crippen molar-refractivity contribution in [2.75, 3.05) is 12.3 Å². The van der Waals surface area contributed by atoms with E-state index in [4.69, 9.17) is 0 Å². The average Bonchev–Trinajstić information content (AvgIpc) is 2.87. The maximum absolute atomic E-state index is 4.58. The summed E-state index contributed by atoms with van der Waals surface area (Å²) in [6, 6.07) is 8.85. The normalized spacial score (nSPS) is 12.9. The van der Waals surface area contributed by atoms with E-state index < -0.39 is 0 Å². The second-order valence-corrected chi connectivity index (χ2v) is 6.34. The molecule has 0 fully saturated rings. The molecule has 4 heteroatoms. The van der Waals surface area contributed by atoms with Crippen molar-refractivity contribution >= 4 is 22.8 Å². The standard InChI is InChI=1S/C16H25N3S/c1-3-11-17-13(2)8-6-7-12-20-16-18-14-9-4-5-10-15(14)19-16/h4-5,9-10,13,17H,3,6-8,11-12H2,1-2H3,(H,18,19). The smallest absolute Gasteiger partial charge is 0.166 e. The third-order valence-electron chi connectivity index (χ3n) is 3.38. The number of aromatic nitrogens is 2. The highest BCUT2D eigenvalue weighted by Crippen LogP contribution is 2.20. The third kappa shape index (κ3) is 4.84. The maximum atomic E-state index is 4.58. The van der Waals surface area contributed by atoms with Gasteiger partial charge >= 0.3 is 0 Å². The van der Waals surface area contributed by atoms with Crippen molar-refractivity contribution in [1.82, 2.24) is 15.3 Å². The van der Waals surface area contributed by atoms with E-state index in [-0.39, 0.29) is 0 Å². The number of hydrogen-bond acceptors (Lipinski definition) is 3. The summed E-state index contributed by atoms with van der Waals surface area (Å²) in [6.07, 6.45) is 5.01. The number of benzene rings is 1. The molecule has 0 aliphatic rings. The minimum atomic E-state index is 0.645. The molecule has 0 amide bonds. The topological polar surface area (TPSA) is 40.7 Å². The van der Waals surface area contributed by atoms with Gasteiger partial charge in [-0.1, -0.05) is 37.2 Å². The van der Waals surface area contributed by atoms with Crippen molar-refractivity contribution in [3.8, 4) is 0 Å². The van der Waals surface area contributed by atoms with Crippen LogP contribution in [0.5, 0.6) is 0 Å². The molecular formula is C16H25N3S. The van der Waals surface area contributed by atoms with Crippen LogP contribution in [0.25, 0.3) is 11.0 Å². The van der Waals surface area contributed by atoms with Gasteiger partial charge in [0.25, 0.3) is 0 Å². The van der Waals surface area contributed by atoms with Crippen LogP contribution in [0.1, 0.15) is 39.5 Å². The van der Waals surface area contributed by atoms with Crippen LogP contribution >= 0.6 is 11.8 Å². The number of hydrogen-bond donors (Lipinski definition) is 2. The van der Waals surface area contributed by atoms with E-state index in [1.54, 1.807) is 0 Å². The van der Waals surface area contributed by atoms with Crippen molar-refractivity contribution < 1.29 is 0 Å². The van der Waals surface area contributed by atoms with E-state index in [0.717, 1.165) is 28.5 Å². The second-order valence-electron chi connectivity index (χ2n) is 5.26. The van der Waals surface area contributed by atoms with Gasteiger partial charge in [-0.3, -0.25) is 0 Å². The molecule has 0 aliphatic heterocycles. The van der Waals surface area contributed by atoms with Gasteiger partial charge in [-0.2, -0.15) is 0 Å². The Morgan fingerprint density at radius 3 is 2.95 bits per heavy atom. The first-order valence-corrected chi connectivity index (χ1v) is 8.59. The number of imidazole rings is 1. The number of nitrogens with zero attached hydrogens (tertiary/aromatic N) is 1. The number of nitrogens with one attached hydrogen (secondary N) is 2. The Kier molecular flexibility index (Phi) is 6.40. The molecule has 20 heavy (non-hydrogen) atoms. The van der Waals surface area contributed by atoms with Gasteiger partial charge < -0.3 is 10.3 Å². The molecule has 1 unspecified atom stereocenters. The molecule has 2 rings (SSSR count). The van der Waals surface area contributed by atoms with E-state index in [1.165, 1.54) is 25.7 Å². The maximum Gasteiger partial charge on any atom is 0.166 e. The lowest BCUT2D eigenvalue weighted by Crippen LogP contribution is -2.26. The Labute approximate surface area is 125 Å². The van der Waals surface area contributed by atoms with E-state index in [0.29, 0.717) is 6.04 Å². The molecule has 0 aliphatic carbocycles. The van der Waals surface area contributed by atoms with Crippen LogP contribution < -0.4 is 5.32 Å². The van der Waals surface area contributed by atoms with Crippen LogP contribution in [0, 0.1) is 0 Å². The summed E-state index contributed by atoms with van der Waals surface area (Å²) in [5, 5.41) is 4.58. The fourth-order valence-corrected chi connectivity index (χ4v) is 3.10. The number of rotatable bonds is 9. The van der Waals surface area contributed by atoms with Gasteiger partial charge in [0.2, 0.25) is 0 Å². The highest BCUT2D eigenvalue weighted by Gasteiger charge is 2.03. The first-order valence-electron chi connectivity index (χ1n) is 7.60. The summed E-state index contributed by atoms with van der Waals surface area (Å²) in [4.78, 5) is 7.94. The van der Waals surface area contributed by atoms with Crippen LogP contribution in [0.2, 0.25) is 0 Å². The minimum absolute atomic E-state index is 0.645. The molecule has 110 valence electrons. The highest BCUT2D eigenvalue weighted by atomic mass is 32.2. The van der Waals surface area contributed by atoms with Crippen molar-refractivity contribution in [3.05, 3.63) is 24.3 Å². The predicted octanol–water partition coefficient (Wildman–Crippen LogP) is 4.21. The Bertz CT molecular complexity index is 476. The fraction of sp³-hybridized carbons (Fsp3) is 0.562. The summed E-state index contributed by atoms with van der Waals surface area (Å²) < 4.78 is 0. The van der Waals surface area contributed by atoms with Crippen molar-refractivity contribution in [2.24, 2.45) is 0 Å². The average molecular weight is 291 g/mol. The van der Waals surface area contributed by atoms with Crippen molar-refractivity contribution in [2.45, 2.75) is 50.7 Å². The lowest BCUT2D eigenvalue weighted by molar-refractivity contribution is 0.496. The van der Waals surface area contributed by atoms with E-state index >= 15 is 0 Å². The molecule has 0 saturated heterocycles. The van der Waals surface area contributed by atoms with Gasteiger partial charge in [-0.05, 0) is 44.9 Å². The van der Waals surface area contributed by atoms with Crippen molar-refractivity contribution in [3.63, 3.8) is 0 Å². The van der Waals surface area contributed by atoms with Gasteiger partial charge in [0.15, 0.2) is 5.16 Å². The molecule has 3 nitrogen and oxygen atoms in total. The molecule has 0 saturated carbocycles. The number of H-pyrrole nitrogens is 1. The fourth-order valence-electron chi connectivity index (χ4n) is 2.21. The Balaban J connectivity index is 1.63.